The number of aliphatic carboxylic acids is 1. The number of rotatable bonds is 8. The molecule has 1 aliphatic rings. The summed E-state index contributed by atoms with van der Waals surface area (Å²) in [6.07, 6.45) is 1.98. The minimum Gasteiger partial charge on any atom is -0.480 e. The Labute approximate surface area is 229 Å². The van der Waals surface area contributed by atoms with E-state index in [1.165, 1.54) is 22.1 Å². The number of amides is 3. The van der Waals surface area contributed by atoms with Gasteiger partial charge in [0.15, 0.2) is 17.0 Å². The maximum atomic E-state index is 13.5. The largest absolute Gasteiger partial charge is 0.480 e. The molecule has 0 bridgehead atoms. The number of ether oxygens (including phenoxy) is 2. The molecule has 3 heterocycles. The van der Waals surface area contributed by atoms with Crippen LogP contribution in [0.5, 0.6) is 0 Å². The van der Waals surface area contributed by atoms with Gasteiger partial charge in [-0.1, -0.05) is 30.3 Å². The molecular formula is C26H31N7O7. The van der Waals surface area contributed by atoms with Gasteiger partial charge in [0.25, 0.3) is 0 Å². The fourth-order valence-corrected chi connectivity index (χ4v) is 4.37. The number of benzene rings is 1. The fraction of sp³-hybridized carbons (Fsp3) is 0.423. The Kier molecular flexibility index (Phi) is 8.46. The predicted molar refractivity (Wildman–Crippen MR) is 141 cm³/mol. The van der Waals surface area contributed by atoms with Crippen molar-refractivity contribution in [3.63, 3.8) is 0 Å². The van der Waals surface area contributed by atoms with Crippen LogP contribution < -0.4 is 10.6 Å². The van der Waals surface area contributed by atoms with E-state index in [1.54, 1.807) is 20.8 Å². The van der Waals surface area contributed by atoms with Gasteiger partial charge >= 0.3 is 18.2 Å². The summed E-state index contributed by atoms with van der Waals surface area (Å²) < 4.78 is 12.0. The van der Waals surface area contributed by atoms with Crippen molar-refractivity contribution in [3.8, 4) is 0 Å². The first kappa shape index (κ1) is 28.3. The number of piperidine rings is 1. The molecule has 3 aromatic rings. The lowest BCUT2D eigenvalue weighted by Crippen LogP contribution is -2.54. The molecule has 1 fully saturated rings. The number of anilines is 1. The molecule has 1 aliphatic heterocycles. The number of carboxylic acids is 1. The number of carboxylic acid groups (broad SMARTS) is 1. The highest BCUT2D eigenvalue weighted by atomic mass is 16.6. The summed E-state index contributed by atoms with van der Waals surface area (Å²) in [5.41, 5.74) is 0.642. The summed E-state index contributed by atoms with van der Waals surface area (Å²) in [4.78, 5) is 63.4. The molecule has 0 unspecified atom stereocenters. The normalized spacial score (nSPS) is 17.4. The molecule has 4 rings (SSSR count). The van der Waals surface area contributed by atoms with Gasteiger partial charge in [0, 0.05) is 12.6 Å². The molecule has 14 heteroatoms. The molecule has 0 spiro atoms. The lowest BCUT2D eigenvalue weighted by molar-refractivity contribution is -0.150. The predicted octanol–water partition coefficient (Wildman–Crippen LogP) is 2.72. The van der Waals surface area contributed by atoms with Crippen molar-refractivity contribution < 1.29 is 33.8 Å². The maximum absolute atomic E-state index is 13.5. The number of likely N-dealkylation sites (tertiary alicyclic amines) is 1. The lowest BCUT2D eigenvalue weighted by Gasteiger charge is -2.38. The molecule has 1 aromatic carbocycles. The van der Waals surface area contributed by atoms with Crippen molar-refractivity contribution in [2.75, 3.05) is 18.4 Å². The third-order valence-electron chi connectivity index (χ3n) is 6.10. The number of carbonyl (C=O) groups is 4. The van der Waals surface area contributed by atoms with Crippen LogP contribution in [0, 0.1) is 0 Å². The molecule has 2 atom stereocenters. The van der Waals surface area contributed by atoms with Crippen LogP contribution in [0.25, 0.3) is 11.2 Å². The molecule has 14 nitrogen and oxygen atoms in total. The van der Waals surface area contributed by atoms with Gasteiger partial charge in [-0.2, -0.15) is 0 Å². The zero-order valence-electron chi connectivity index (χ0n) is 22.4. The fourth-order valence-electron chi connectivity index (χ4n) is 4.37. The van der Waals surface area contributed by atoms with E-state index in [-0.39, 0.29) is 30.1 Å². The quantitative estimate of drug-likeness (QED) is 0.376. The number of aromatic nitrogens is 4. The monoisotopic (exact) mass is 553 g/mol. The van der Waals surface area contributed by atoms with Crippen LogP contribution in [0.2, 0.25) is 0 Å². The minimum absolute atomic E-state index is 0.0344. The molecule has 2 aromatic heterocycles. The molecule has 1 saturated heterocycles. The summed E-state index contributed by atoms with van der Waals surface area (Å²) in [5.74, 6) is -1.54. The Morgan fingerprint density at radius 2 is 1.82 bits per heavy atom. The summed E-state index contributed by atoms with van der Waals surface area (Å²) in [5, 5.41) is 14.6. The highest BCUT2D eigenvalue weighted by Crippen LogP contribution is 2.30. The van der Waals surface area contributed by atoms with Crippen molar-refractivity contribution >= 4 is 41.0 Å². The topological polar surface area (TPSA) is 178 Å². The Balaban J connectivity index is 1.47. The SMILES string of the molecule is CC(C)(C)OC(=O)NC[C@H]1CC[C@@H](n2cnc3c(NC(=O)OCc4ccccc4)ncnc32)C(=O)N1CC(=O)O. The van der Waals surface area contributed by atoms with Gasteiger partial charge in [-0.25, -0.2) is 24.5 Å². The number of alkyl carbamates (subject to hydrolysis) is 1. The molecule has 0 aliphatic carbocycles. The van der Waals surface area contributed by atoms with Gasteiger partial charge in [0.05, 0.1) is 6.33 Å². The number of fused-ring (bicyclic) bond motifs is 1. The first-order chi connectivity index (χ1) is 19.0. The summed E-state index contributed by atoms with van der Waals surface area (Å²) >= 11 is 0. The van der Waals surface area contributed by atoms with Crippen LogP contribution >= 0.6 is 0 Å². The van der Waals surface area contributed by atoms with Crippen LogP contribution in [0.3, 0.4) is 0 Å². The van der Waals surface area contributed by atoms with Crippen LogP contribution in [0.1, 0.15) is 45.2 Å². The maximum Gasteiger partial charge on any atom is 0.413 e. The molecular weight excluding hydrogens is 522 g/mol. The van der Waals surface area contributed by atoms with Crippen LogP contribution in [0.15, 0.2) is 43.0 Å². The molecule has 0 saturated carbocycles. The van der Waals surface area contributed by atoms with Crippen molar-refractivity contribution in [1.29, 1.82) is 0 Å². The van der Waals surface area contributed by atoms with E-state index in [0.29, 0.717) is 12.8 Å². The van der Waals surface area contributed by atoms with E-state index in [4.69, 9.17) is 9.47 Å². The number of nitrogens with one attached hydrogen (secondary N) is 2. The van der Waals surface area contributed by atoms with Gasteiger partial charge in [-0.3, -0.25) is 14.9 Å². The van der Waals surface area contributed by atoms with Crippen molar-refractivity contribution in [2.45, 2.75) is 57.9 Å². The smallest absolute Gasteiger partial charge is 0.413 e. The van der Waals surface area contributed by atoms with Crippen LogP contribution in [-0.4, -0.2) is 78.3 Å². The first-order valence-electron chi connectivity index (χ1n) is 12.7. The highest BCUT2D eigenvalue weighted by Gasteiger charge is 2.38. The van der Waals surface area contributed by atoms with Crippen molar-refractivity contribution in [2.24, 2.45) is 0 Å². The van der Waals surface area contributed by atoms with Crippen LogP contribution in [-0.2, 0) is 25.7 Å². The summed E-state index contributed by atoms with van der Waals surface area (Å²) in [6, 6.07) is 7.83. The van der Waals surface area contributed by atoms with E-state index >= 15 is 0 Å². The Morgan fingerprint density at radius 1 is 1.07 bits per heavy atom. The van der Waals surface area contributed by atoms with Crippen molar-refractivity contribution in [1.82, 2.24) is 29.7 Å². The van der Waals surface area contributed by atoms with E-state index in [1.807, 2.05) is 30.3 Å². The summed E-state index contributed by atoms with van der Waals surface area (Å²) in [7, 11) is 0. The lowest BCUT2D eigenvalue weighted by atomic mass is 9.97. The number of nitrogens with zero attached hydrogens (tertiary/aromatic N) is 5. The average molecular weight is 554 g/mol. The second kappa shape index (κ2) is 12.0. The Hall–Kier alpha value is -4.75. The number of imidazole rings is 1. The van der Waals surface area contributed by atoms with Gasteiger partial charge in [0.2, 0.25) is 5.91 Å². The average Bonchev–Trinajstić information content (AvgIpc) is 3.32. The van der Waals surface area contributed by atoms with Gasteiger partial charge < -0.3 is 29.4 Å². The van der Waals surface area contributed by atoms with E-state index in [2.05, 4.69) is 25.6 Å². The molecule has 3 amide bonds. The molecule has 3 N–H and O–H groups in total. The van der Waals surface area contributed by atoms with E-state index in [9.17, 15) is 24.3 Å². The third-order valence-corrected chi connectivity index (χ3v) is 6.10. The van der Waals surface area contributed by atoms with Crippen molar-refractivity contribution in [3.05, 3.63) is 48.5 Å². The number of carbonyl (C=O) groups excluding carboxylic acids is 3. The van der Waals surface area contributed by atoms with E-state index < -0.39 is 48.3 Å². The zero-order valence-corrected chi connectivity index (χ0v) is 22.4. The second-order valence-electron chi connectivity index (χ2n) is 10.2. The number of hydrogen-bond acceptors (Lipinski definition) is 9. The third kappa shape index (κ3) is 7.01. The van der Waals surface area contributed by atoms with Gasteiger partial charge in [-0.05, 0) is 39.2 Å². The Bertz CT molecular complexity index is 1390. The molecule has 0 radical (unpaired) electrons. The van der Waals surface area contributed by atoms with Gasteiger partial charge in [-0.15, -0.1) is 0 Å². The number of hydrogen-bond donors (Lipinski definition) is 3. The minimum atomic E-state index is -1.19. The molecule has 40 heavy (non-hydrogen) atoms. The van der Waals surface area contributed by atoms with E-state index in [0.717, 1.165) is 5.56 Å². The Morgan fingerprint density at radius 3 is 2.52 bits per heavy atom. The second-order valence-corrected chi connectivity index (χ2v) is 10.2. The van der Waals surface area contributed by atoms with Crippen LogP contribution in [0.4, 0.5) is 15.4 Å². The standard InChI is InChI=1S/C26H31N7O7/c1-26(2,3)40-24(37)27-11-17-9-10-18(23(36)32(17)12-19(34)35)33-15-30-20-21(28-14-29-22(20)33)31-25(38)39-13-16-7-5-4-6-8-16/h4-8,14-15,17-18H,9-13H2,1-3H3,(H,27,37)(H,34,35)(H,28,29,31,38)/t17-,18-/m1/s1. The molecule has 212 valence electrons. The highest BCUT2D eigenvalue weighted by molar-refractivity contribution is 5.94. The summed E-state index contributed by atoms with van der Waals surface area (Å²) in [6.45, 7) is 4.74. The van der Waals surface area contributed by atoms with Gasteiger partial charge in [0.1, 0.15) is 31.1 Å². The zero-order chi connectivity index (χ0) is 28.9. The first-order valence-corrected chi connectivity index (χ1v) is 12.7.